The van der Waals surface area contributed by atoms with Gasteiger partial charge in [0.25, 0.3) is 0 Å². The highest BCUT2D eigenvalue weighted by molar-refractivity contribution is 5.89. The molecule has 0 heterocycles. The van der Waals surface area contributed by atoms with Crippen molar-refractivity contribution in [2.75, 3.05) is 27.2 Å². The van der Waals surface area contributed by atoms with Crippen molar-refractivity contribution >= 4 is 36.6 Å². The van der Waals surface area contributed by atoms with Gasteiger partial charge >= 0.3 is 29.8 Å². The summed E-state index contributed by atoms with van der Waals surface area (Å²) in [5.74, 6) is 9.28. The lowest BCUT2D eigenvalue weighted by molar-refractivity contribution is -0.163. The van der Waals surface area contributed by atoms with Crippen molar-refractivity contribution in [3.05, 3.63) is 203 Å². The fourth-order valence-electron chi connectivity index (χ4n) is 18.2. The fourth-order valence-corrected chi connectivity index (χ4v) is 18.2. The summed E-state index contributed by atoms with van der Waals surface area (Å²) >= 11 is 0. The molecule has 0 unspecified atom stereocenters. The molecule has 20 nitrogen and oxygen atoms in total. The normalized spacial score (nSPS) is 22.9. The van der Waals surface area contributed by atoms with Crippen LogP contribution in [0.4, 0.5) is 0 Å². The van der Waals surface area contributed by atoms with E-state index in [0.717, 1.165) is 225 Å². The molecule has 0 atom stereocenters. The van der Waals surface area contributed by atoms with Gasteiger partial charge in [-0.3, -0.25) is 19.2 Å². The Labute approximate surface area is 895 Å². The van der Waals surface area contributed by atoms with E-state index < -0.39 is 0 Å². The Balaban J connectivity index is -0.000000424. The van der Waals surface area contributed by atoms with Gasteiger partial charge < -0.3 is 71.1 Å². The second-order valence-corrected chi connectivity index (χ2v) is 38.3. The van der Waals surface area contributed by atoms with Crippen LogP contribution in [0.5, 0.6) is 46.0 Å². The van der Waals surface area contributed by atoms with Crippen LogP contribution in [-0.2, 0) is 65.2 Å². The molecule has 0 radical (unpaired) electrons. The summed E-state index contributed by atoms with van der Waals surface area (Å²) in [7, 11) is 0. The summed E-state index contributed by atoms with van der Waals surface area (Å²) in [6.07, 6.45) is 36.3. The van der Waals surface area contributed by atoms with Crippen molar-refractivity contribution in [3.63, 3.8) is 0 Å². The maximum atomic E-state index is 12.4. The minimum absolute atomic E-state index is 0. The van der Waals surface area contributed by atoms with Crippen molar-refractivity contribution in [3.8, 4) is 46.0 Å². The molecule has 0 amide bonds. The Hall–Kier alpha value is -9.60. The van der Waals surface area contributed by atoms with Crippen LogP contribution >= 0.6 is 0 Å². The van der Waals surface area contributed by atoms with Crippen molar-refractivity contribution in [1.29, 1.82) is 0 Å². The number of carbonyl (C=O) groups excluding carboxylic acids is 6. The minimum Gasteiger partial charge on any atom is -0.490 e. The van der Waals surface area contributed by atoms with Gasteiger partial charge in [0.1, 0.15) is 71.8 Å². The average Bonchev–Trinajstić information content (AvgIpc) is 0.846. The van der Waals surface area contributed by atoms with Gasteiger partial charge in [-0.25, -0.2) is 4.79 Å². The Kier molecular flexibility index (Phi) is 71.1. The summed E-state index contributed by atoms with van der Waals surface area (Å²) < 4.78 is 79.9. The molecule has 0 aliphatic heterocycles. The standard InChI is InChI=1S/C23H28O3.C22H38O4.C22H32O4.2C22H26O4.7C2H6.CH2O.8H2/c1-3-17-5-11-20(12-6-17)25-21-15-9-19(10-16-21)23(24)26-22-13-7-18(4-2)8-14-22;4*1-16-3-7-18(8-4-16)22(23)26-21-13-11-20(12-14-21)25-15-24-19-9-5-17(2)6-10-19;8*1-2;;;;;;;;/h5-8,11-14,19,21H,3-4,9-10,15-16H2,1-2H3;16-21H,3-15H2,1-2H3;11-14,16-19H,3-10,15H2,1-2H3;5-6,9-14,16,18H,3-4,7-8,15H2,1-2H3;3-10,20-21H,11-15H2,1-2H3;7*1-2H3;1H2;8*1H. The number of aryl methyl sites for hydroxylation is 5. The number of rotatable bonds is 30. The van der Waals surface area contributed by atoms with E-state index in [1.54, 1.807) is 36.4 Å². The number of hydrogen-bond acceptors (Lipinski definition) is 20. The molecule has 15 rings (SSSR count). The number of ether oxygens (including phenoxy) is 14. The second-order valence-electron chi connectivity index (χ2n) is 38.3. The molecule has 834 valence electrons. The second kappa shape index (κ2) is 79.5. The topological polar surface area (TPSA) is 232 Å². The van der Waals surface area contributed by atoms with E-state index in [4.69, 9.17) is 71.1 Å². The lowest BCUT2D eigenvalue weighted by atomic mass is 9.83. The Morgan fingerprint density at radius 1 is 0.240 bits per heavy atom. The zero-order valence-electron chi connectivity index (χ0n) is 94.6. The number of esters is 5. The predicted molar refractivity (Wildman–Crippen MR) is 611 cm³/mol. The molecule has 8 aliphatic carbocycles. The predicted octanol–water partition coefficient (Wildman–Crippen LogP) is 34.9. The zero-order valence-corrected chi connectivity index (χ0v) is 94.6. The maximum absolute atomic E-state index is 12.4. The van der Waals surface area contributed by atoms with Crippen LogP contribution in [0.1, 0.15) is 400 Å². The smallest absolute Gasteiger partial charge is 0.338 e. The largest absolute Gasteiger partial charge is 0.490 e. The van der Waals surface area contributed by atoms with E-state index >= 15 is 0 Å². The van der Waals surface area contributed by atoms with E-state index in [2.05, 4.69) is 60.6 Å². The van der Waals surface area contributed by atoms with Gasteiger partial charge in [0.2, 0.25) is 6.79 Å². The van der Waals surface area contributed by atoms with Crippen LogP contribution in [0.25, 0.3) is 0 Å². The molecule has 0 bridgehead atoms. The molecular weight excluding hydrogens is 1830 g/mol. The maximum Gasteiger partial charge on any atom is 0.338 e. The molecule has 0 N–H and O–H groups in total. The van der Waals surface area contributed by atoms with E-state index in [-0.39, 0.29) is 116 Å². The monoisotopic (exact) mass is 2040 g/mol. The molecule has 20 heteroatoms. The quantitative estimate of drug-likeness (QED) is 0.0231. The Morgan fingerprint density at radius 3 is 0.753 bits per heavy atom. The lowest BCUT2D eigenvalue weighted by Gasteiger charge is -2.31. The molecular formula is C126H210O20. The molecule has 0 spiro atoms. The van der Waals surface area contributed by atoms with Crippen molar-refractivity contribution < 1.29 is 106 Å². The SMILES string of the molecule is C=O.CC.CC.CC.CC.CC.CC.CC.CC1CCC(OCOC2CCC(OC(=O)C3CCC(C)CC3)CC2)CC1.CC1CCC(OCOc2ccc(OC(=O)C3CCC(C)CC3)cc2)CC1.CCc1ccc(OC(=O)C2CCC(Oc3ccc(CC)cc3)CC2)cc1.Cc1ccc(OCOC2CCC(OC(=O)c3ccc(C)cc3)CC2)cc1.Cc1ccc(OCOc2ccc(OC(=O)C3CCC(C)CC3)cc2)cc1.[HH].[HH].[HH].[HH].[HH].[HH].[HH].[HH]. The third-order valence-corrected chi connectivity index (χ3v) is 27.5. The Bertz CT molecular complexity index is 4430. The first kappa shape index (κ1) is 131. The zero-order chi connectivity index (χ0) is 108. The fraction of sp³-hybridized carbons (Fsp3) is 0.619. The molecule has 0 saturated heterocycles. The van der Waals surface area contributed by atoms with Crippen LogP contribution in [0.15, 0.2) is 170 Å². The molecule has 0 aromatic heterocycles. The lowest BCUT2D eigenvalue weighted by Crippen LogP contribution is -2.32. The summed E-state index contributed by atoms with van der Waals surface area (Å²) in [5, 5.41) is 0. The van der Waals surface area contributed by atoms with E-state index in [0.29, 0.717) is 47.6 Å². The van der Waals surface area contributed by atoms with Gasteiger partial charge in [0.05, 0.1) is 59.8 Å². The molecule has 7 aromatic carbocycles. The molecule has 8 fully saturated rings. The van der Waals surface area contributed by atoms with Gasteiger partial charge in [0.15, 0.2) is 13.6 Å². The van der Waals surface area contributed by atoms with Crippen LogP contribution in [0.2, 0.25) is 0 Å². The number of hydrogen-bond donors (Lipinski definition) is 0. The first-order valence-electron chi connectivity index (χ1n) is 56.6. The van der Waals surface area contributed by atoms with Gasteiger partial charge in [-0.15, -0.1) is 0 Å². The first-order chi connectivity index (χ1) is 71.1. The highest BCUT2D eigenvalue weighted by atomic mass is 16.7. The highest BCUT2D eigenvalue weighted by Gasteiger charge is 2.34. The van der Waals surface area contributed by atoms with Gasteiger partial charge in [-0.1, -0.05) is 223 Å². The molecule has 8 aliphatic rings. The Morgan fingerprint density at radius 2 is 0.452 bits per heavy atom. The molecule has 7 aromatic rings. The number of carbonyl (C=O) groups is 6. The van der Waals surface area contributed by atoms with Crippen molar-refractivity contribution in [2.24, 2.45) is 53.3 Å². The third-order valence-electron chi connectivity index (χ3n) is 27.5. The van der Waals surface area contributed by atoms with E-state index in [9.17, 15) is 24.0 Å². The summed E-state index contributed by atoms with van der Waals surface area (Å²) in [6.45, 7) is 52.8. The van der Waals surface area contributed by atoms with E-state index in [1.165, 1.54) is 73.6 Å². The molecule has 146 heavy (non-hydrogen) atoms. The van der Waals surface area contributed by atoms with Crippen LogP contribution in [-0.4, -0.2) is 107 Å². The first-order valence-corrected chi connectivity index (χ1v) is 56.6. The average molecular weight is 2050 g/mol. The summed E-state index contributed by atoms with van der Waals surface area (Å²) in [6, 6.07) is 53.6. The highest BCUT2D eigenvalue weighted by Crippen LogP contribution is 2.37. The van der Waals surface area contributed by atoms with Crippen LogP contribution in [0.3, 0.4) is 0 Å². The van der Waals surface area contributed by atoms with Gasteiger partial charge in [-0.2, -0.15) is 0 Å². The minimum atomic E-state index is -0.239. The summed E-state index contributed by atoms with van der Waals surface area (Å²) in [5.41, 5.74) is 6.70. The summed E-state index contributed by atoms with van der Waals surface area (Å²) in [4.78, 5) is 69.4. The van der Waals surface area contributed by atoms with Crippen molar-refractivity contribution in [2.45, 2.75) is 427 Å². The number of benzene rings is 7. The van der Waals surface area contributed by atoms with Gasteiger partial charge in [-0.05, 0) is 389 Å². The van der Waals surface area contributed by atoms with Crippen LogP contribution in [0, 0.1) is 74.0 Å². The molecule has 8 saturated carbocycles. The van der Waals surface area contributed by atoms with Crippen LogP contribution < -0.4 is 37.9 Å². The van der Waals surface area contributed by atoms with E-state index in [1.807, 2.05) is 246 Å². The third kappa shape index (κ3) is 53.0. The van der Waals surface area contributed by atoms with Crippen molar-refractivity contribution in [1.82, 2.24) is 0 Å². The van der Waals surface area contributed by atoms with Gasteiger partial charge in [0, 0.05) is 11.4 Å².